The summed E-state index contributed by atoms with van der Waals surface area (Å²) in [6.07, 6.45) is 8.89. The van der Waals surface area contributed by atoms with E-state index < -0.39 is 0 Å². The van der Waals surface area contributed by atoms with Crippen LogP contribution >= 0.6 is 0 Å². The van der Waals surface area contributed by atoms with Crippen LogP contribution in [-0.4, -0.2) is 35.8 Å². The van der Waals surface area contributed by atoms with Crippen molar-refractivity contribution < 1.29 is 14.3 Å². The fourth-order valence-electron chi connectivity index (χ4n) is 4.53. The van der Waals surface area contributed by atoms with E-state index in [1.165, 1.54) is 38.2 Å². The van der Waals surface area contributed by atoms with Gasteiger partial charge >= 0.3 is 0 Å². The average Bonchev–Trinajstić information content (AvgIpc) is 2.55. The molecule has 5 nitrogen and oxygen atoms in total. The molecule has 0 saturated heterocycles. The molecule has 2 fully saturated rings. The van der Waals surface area contributed by atoms with E-state index in [4.69, 9.17) is 9.15 Å². The Hall–Kier alpha value is -1.33. The van der Waals surface area contributed by atoms with Crippen molar-refractivity contribution in [3.63, 3.8) is 0 Å². The van der Waals surface area contributed by atoms with Crippen LogP contribution in [0.1, 0.15) is 51.2 Å². The number of hydrogen-bond acceptors (Lipinski definition) is 5. The third-order valence-corrected chi connectivity index (χ3v) is 5.70. The van der Waals surface area contributed by atoms with E-state index in [0.717, 1.165) is 19.3 Å². The number of nitrogens with zero attached hydrogens (tertiary/aromatic N) is 1. The van der Waals surface area contributed by atoms with Gasteiger partial charge < -0.3 is 14.3 Å². The zero-order valence-electron chi connectivity index (χ0n) is 14.1. The van der Waals surface area contributed by atoms with Gasteiger partial charge in [0.15, 0.2) is 5.75 Å². The molecule has 0 amide bonds. The highest BCUT2D eigenvalue weighted by Crippen LogP contribution is 2.55. The summed E-state index contributed by atoms with van der Waals surface area (Å²) in [5, 5.41) is 9.30. The molecule has 1 spiro atoms. The van der Waals surface area contributed by atoms with E-state index >= 15 is 0 Å². The highest BCUT2D eigenvalue weighted by Gasteiger charge is 2.56. The first-order valence-corrected chi connectivity index (χ1v) is 8.69. The minimum Gasteiger partial charge on any atom is -0.502 e. The SMILES string of the molecule is CCO[C@@H]1C[C@H](N(C)Cc2cc(=O)c(O)co2)C12CCCCC2. The van der Waals surface area contributed by atoms with E-state index in [-0.39, 0.29) is 16.6 Å². The van der Waals surface area contributed by atoms with Gasteiger partial charge in [0, 0.05) is 24.1 Å². The molecule has 2 aliphatic rings. The maximum Gasteiger partial charge on any atom is 0.226 e. The van der Waals surface area contributed by atoms with Crippen LogP contribution in [0.4, 0.5) is 0 Å². The molecule has 0 aromatic carbocycles. The fourth-order valence-corrected chi connectivity index (χ4v) is 4.53. The van der Waals surface area contributed by atoms with Crippen molar-refractivity contribution >= 4 is 0 Å². The van der Waals surface area contributed by atoms with Crippen LogP contribution in [0, 0.1) is 5.41 Å². The maximum absolute atomic E-state index is 11.6. The van der Waals surface area contributed by atoms with E-state index in [0.29, 0.717) is 24.5 Å². The van der Waals surface area contributed by atoms with Crippen LogP contribution < -0.4 is 5.43 Å². The number of hydrogen-bond donors (Lipinski definition) is 1. The largest absolute Gasteiger partial charge is 0.502 e. The first-order valence-electron chi connectivity index (χ1n) is 8.69. The number of ether oxygens (including phenoxy) is 1. The summed E-state index contributed by atoms with van der Waals surface area (Å²) in [6, 6.07) is 1.86. The Labute approximate surface area is 137 Å². The fraction of sp³-hybridized carbons (Fsp3) is 0.722. The van der Waals surface area contributed by atoms with Gasteiger partial charge in [-0.25, -0.2) is 0 Å². The van der Waals surface area contributed by atoms with Crippen LogP contribution in [0.15, 0.2) is 21.5 Å². The molecule has 0 aliphatic heterocycles. The molecule has 3 rings (SSSR count). The van der Waals surface area contributed by atoms with Crippen LogP contribution in [0.3, 0.4) is 0 Å². The molecule has 0 bridgehead atoms. The molecule has 2 saturated carbocycles. The minimum atomic E-state index is -0.382. The monoisotopic (exact) mass is 321 g/mol. The molecule has 23 heavy (non-hydrogen) atoms. The van der Waals surface area contributed by atoms with Crippen molar-refractivity contribution in [2.75, 3.05) is 13.7 Å². The predicted molar refractivity (Wildman–Crippen MR) is 87.4 cm³/mol. The summed E-state index contributed by atoms with van der Waals surface area (Å²) in [5.41, 5.74) is -0.118. The van der Waals surface area contributed by atoms with Gasteiger partial charge in [-0.15, -0.1) is 0 Å². The van der Waals surface area contributed by atoms with E-state index in [9.17, 15) is 9.90 Å². The topological polar surface area (TPSA) is 62.9 Å². The zero-order chi connectivity index (χ0) is 16.4. The van der Waals surface area contributed by atoms with Crippen LogP contribution in [-0.2, 0) is 11.3 Å². The van der Waals surface area contributed by atoms with Gasteiger partial charge in [0.25, 0.3) is 0 Å². The summed E-state index contributed by atoms with van der Waals surface area (Å²) >= 11 is 0. The lowest BCUT2D eigenvalue weighted by molar-refractivity contribution is -0.180. The molecule has 0 unspecified atom stereocenters. The van der Waals surface area contributed by atoms with Gasteiger partial charge in [0.2, 0.25) is 5.43 Å². The lowest BCUT2D eigenvalue weighted by atomic mass is 9.54. The average molecular weight is 321 g/mol. The number of aromatic hydroxyl groups is 1. The normalized spacial score (nSPS) is 26.4. The molecule has 5 heteroatoms. The Kier molecular flexibility index (Phi) is 4.78. The molecule has 1 N–H and O–H groups in total. The van der Waals surface area contributed by atoms with Crippen molar-refractivity contribution in [1.29, 1.82) is 0 Å². The summed E-state index contributed by atoms with van der Waals surface area (Å²) in [4.78, 5) is 13.8. The molecule has 2 aliphatic carbocycles. The van der Waals surface area contributed by atoms with Crippen molar-refractivity contribution in [3.05, 3.63) is 28.3 Å². The Morgan fingerprint density at radius 2 is 2.13 bits per heavy atom. The Morgan fingerprint density at radius 3 is 2.78 bits per heavy atom. The second-order valence-electron chi connectivity index (χ2n) is 7.00. The van der Waals surface area contributed by atoms with Gasteiger partial charge in [-0.3, -0.25) is 9.69 Å². The van der Waals surface area contributed by atoms with E-state index in [1.807, 2.05) is 0 Å². The molecule has 2 atom stereocenters. The van der Waals surface area contributed by atoms with Gasteiger partial charge in [-0.05, 0) is 33.2 Å². The summed E-state index contributed by atoms with van der Waals surface area (Å²) < 4.78 is 11.4. The van der Waals surface area contributed by atoms with Gasteiger partial charge in [0.1, 0.15) is 12.0 Å². The third-order valence-electron chi connectivity index (χ3n) is 5.70. The molecular formula is C18H27NO4. The summed E-state index contributed by atoms with van der Waals surface area (Å²) in [5.74, 6) is 0.265. The van der Waals surface area contributed by atoms with Crippen molar-refractivity contribution in [2.45, 2.75) is 64.1 Å². The Morgan fingerprint density at radius 1 is 1.39 bits per heavy atom. The molecule has 1 aromatic rings. The second kappa shape index (κ2) is 6.65. The quantitative estimate of drug-likeness (QED) is 0.903. The standard InChI is InChI=1S/C18H27NO4/c1-3-22-17-10-16(18(17)7-5-4-6-8-18)19(2)11-13-9-14(20)15(21)12-23-13/h9,12,16-17,21H,3-8,10-11H2,1-2H3/t16-,17+/m0/s1. The van der Waals surface area contributed by atoms with E-state index in [1.54, 1.807) is 0 Å². The van der Waals surface area contributed by atoms with E-state index in [2.05, 4.69) is 18.9 Å². The third kappa shape index (κ3) is 3.04. The Bertz CT molecular complexity index is 591. The smallest absolute Gasteiger partial charge is 0.226 e. The van der Waals surface area contributed by atoms with Crippen LogP contribution in [0.5, 0.6) is 5.75 Å². The molecule has 0 radical (unpaired) electrons. The second-order valence-corrected chi connectivity index (χ2v) is 7.00. The van der Waals surface area contributed by atoms with Crippen LogP contribution in [0.25, 0.3) is 0 Å². The molecule has 128 valence electrons. The molecule has 1 aromatic heterocycles. The zero-order valence-corrected chi connectivity index (χ0v) is 14.1. The van der Waals surface area contributed by atoms with Gasteiger partial charge in [-0.1, -0.05) is 19.3 Å². The lowest BCUT2D eigenvalue weighted by Gasteiger charge is -2.60. The van der Waals surface area contributed by atoms with Crippen molar-refractivity contribution in [3.8, 4) is 5.75 Å². The van der Waals surface area contributed by atoms with Crippen LogP contribution in [0.2, 0.25) is 0 Å². The first-order chi connectivity index (χ1) is 11.1. The first kappa shape index (κ1) is 16.5. The highest BCUT2D eigenvalue weighted by molar-refractivity contribution is 5.16. The lowest BCUT2D eigenvalue weighted by Crippen LogP contribution is -2.64. The summed E-state index contributed by atoms with van der Waals surface area (Å²) in [6.45, 7) is 3.43. The Balaban J connectivity index is 1.72. The predicted octanol–water partition coefficient (Wildman–Crippen LogP) is 2.91. The molecular weight excluding hydrogens is 294 g/mol. The number of rotatable bonds is 5. The molecule has 1 heterocycles. The van der Waals surface area contributed by atoms with Gasteiger partial charge in [-0.2, -0.15) is 0 Å². The van der Waals surface area contributed by atoms with Crippen molar-refractivity contribution in [1.82, 2.24) is 4.90 Å². The maximum atomic E-state index is 11.6. The highest BCUT2D eigenvalue weighted by atomic mass is 16.5. The van der Waals surface area contributed by atoms with Gasteiger partial charge in [0.05, 0.1) is 12.6 Å². The summed E-state index contributed by atoms with van der Waals surface area (Å²) in [7, 11) is 2.09. The van der Waals surface area contributed by atoms with Crippen molar-refractivity contribution in [2.24, 2.45) is 5.41 Å². The minimum absolute atomic E-state index is 0.264.